The number of nitrogens with zero attached hydrogens (tertiary/aromatic N) is 1. The Morgan fingerprint density at radius 1 is 1.53 bits per heavy atom. The fourth-order valence-corrected chi connectivity index (χ4v) is 2.18. The molecule has 19 heavy (non-hydrogen) atoms. The molecule has 0 radical (unpaired) electrons. The Labute approximate surface area is 110 Å². The van der Waals surface area contributed by atoms with Gasteiger partial charge in [-0.05, 0) is 18.6 Å². The Morgan fingerprint density at radius 3 is 2.89 bits per heavy atom. The third-order valence-corrected chi connectivity index (χ3v) is 3.22. The van der Waals surface area contributed by atoms with Crippen LogP contribution < -0.4 is 5.32 Å². The van der Waals surface area contributed by atoms with Crippen LogP contribution in [0.1, 0.15) is 23.2 Å². The van der Waals surface area contributed by atoms with Gasteiger partial charge in [0.15, 0.2) is 0 Å². The number of carboxylic acids is 1. The zero-order chi connectivity index (χ0) is 14.0. The van der Waals surface area contributed by atoms with Gasteiger partial charge in [0.1, 0.15) is 5.82 Å². The maximum Gasteiger partial charge on any atom is 0.337 e. The van der Waals surface area contributed by atoms with E-state index in [4.69, 9.17) is 5.11 Å². The van der Waals surface area contributed by atoms with Crippen molar-refractivity contribution in [1.29, 1.82) is 0 Å². The smallest absolute Gasteiger partial charge is 0.337 e. The first-order valence-corrected chi connectivity index (χ1v) is 6.01. The van der Waals surface area contributed by atoms with Crippen LogP contribution in [0.2, 0.25) is 0 Å². The normalized spacial score (nSPS) is 19.4. The molecule has 0 saturated carbocycles. The highest BCUT2D eigenvalue weighted by molar-refractivity contribution is 5.94. The van der Waals surface area contributed by atoms with Crippen LogP contribution in [-0.4, -0.2) is 41.5 Å². The first kappa shape index (κ1) is 13.3. The van der Waals surface area contributed by atoms with Crippen LogP contribution in [0.5, 0.6) is 0 Å². The minimum Gasteiger partial charge on any atom is -0.478 e. The van der Waals surface area contributed by atoms with E-state index in [9.17, 15) is 14.0 Å². The molecular formula is C13H15FN2O3. The van der Waals surface area contributed by atoms with E-state index in [-0.39, 0.29) is 23.2 Å². The Hall–Kier alpha value is -2.11. The summed E-state index contributed by atoms with van der Waals surface area (Å²) in [5.74, 6) is -1.73. The highest BCUT2D eigenvalue weighted by atomic mass is 19.1. The van der Waals surface area contributed by atoms with Crippen molar-refractivity contribution in [2.45, 2.75) is 18.9 Å². The number of anilines is 1. The van der Waals surface area contributed by atoms with Crippen LogP contribution in [0.3, 0.4) is 0 Å². The van der Waals surface area contributed by atoms with E-state index >= 15 is 0 Å². The van der Waals surface area contributed by atoms with E-state index in [2.05, 4.69) is 5.32 Å². The lowest BCUT2D eigenvalue weighted by atomic mass is 10.0. The largest absolute Gasteiger partial charge is 0.478 e. The first-order chi connectivity index (χ1) is 8.99. The van der Waals surface area contributed by atoms with Crippen LogP contribution in [0.15, 0.2) is 18.2 Å². The topological polar surface area (TPSA) is 69.6 Å². The summed E-state index contributed by atoms with van der Waals surface area (Å²) < 4.78 is 13.7. The Balaban J connectivity index is 2.19. The quantitative estimate of drug-likeness (QED) is 0.871. The maximum absolute atomic E-state index is 13.7. The van der Waals surface area contributed by atoms with E-state index in [0.29, 0.717) is 19.4 Å². The number of para-hydroxylation sites is 1. The number of carbonyl (C=O) groups excluding carboxylic acids is 1. The minimum absolute atomic E-state index is 0.0113. The maximum atomic E-state index is 13.7. The lowest BCUT2D eigenvalue weighted by Crippen LogP contribution is -2.43. The molecule has 1 aliphatic heterocycles. The van der Waals surface area contributed by atoms with Gasteiger partial charge in [-0.1, -0.05) is 6.07 Å². The van der Waals surface area contributed by atoms with E-state index in [1.807, 2.05) is 0 Å². The van der Waals surface area contributed by atoms with Crippen molar-refractivity contribution in [3.8, 4) is 0 Å². The number of nitrogens with one attached hydrogen (secondary N) is 1. The van der Waals surface area contributed by atoms with Gasteiger partial charge in [0.2, 0.25) is 5.91 Å². The molecule has 1 aromatic carbocycles. The van der Waals surface area contributed by atoms with Crippen LogP contribution in [0, 0.1) is 5.82 Å². The second-order valence-corrected chi connectivity index (χ2v) is 4.62. The van der Waals surface area contributed by atoms with Crippen LogP contribution >= 0.6 is 0 Å². The standard InChI is InChI=1S/C13H15FN2O3/c1-16-7-8(5-6-11(16)17)15-12-9(13(18)19)3-2-4-10(12)14/h2-4,8,15H,5-7H2,1H3,(H,18,19). The van der Waals surface area contributed by atoms with Gasteiger partial charge in [0.05, 0.1) is 11.3 Å². The monoisotopic (exact) mass is 266 g/mol. The number of carboxylic acid groups (broad SMARTS) is 1. The molecule has 0 bridgehead atoms. The molecule has 102 valence electrons. The molecule has 0 spiro atoms. The molecule has 1 amide bonds. The van der Waals surface area contributed by atoms with Gasteiger partial charge < -0.3 is 15.3 Å². The highest BCUT2D eigenvalue weighted by Gasteiger charge is 2.25. The van der Waals surface area contributed by atoms with Crippen molar-refractivity contribution >= 4 is 17.6 Å². The predicted octanol–water partition coefficient (Wildman–Crippen LogP) is 1.56. The number of hydrogen-bond acceptors (Lipinski definition) is 3. The van der Waals surface area contributed by atoms with E-state index in [0.717, 1.165) is 0 Å². The van der Waals surface area contributed by atoms with Gasteiger partial charge in [-0.15, -0.1) is 0 Å². The molecule has 6 heteroatoms. The molecule has 1 unspecified atom stereocenters. The van der Waals surface area contributed by atoms with E-state index in [1.54, 1.807) is 11.9 Å². The number of likely N-dealkylation sites (tertiary alicyclic amines) is 1. The van der Waals surface area contributed by atoms with Crippen molar-refractivity contribution in [2.75, 3.05) is 18.9 Å². The van der Waals surface area contributed by atoms with Crippen LogP contribution in [0.25, 0.3) is 0 Å². The lowest BCUT2D eigenvalue weighted by molar-refractivity contribution is -0.132. The van der Waals surface area contributed by atoms with Crippen molar-refractivity contribution in [1.82, 2.24) is 4.90 Å². The fourth-order valence-electron chi connectivity index (χ4n) is 2.18. The molecule has 1 atom stereocenters. The van der Waals surface area contributed by atoms with E-state index < -0.39 is 11.8 Å². The molecule has 1 aliphatic rings. The average Bonchev–Trinajstić information content (AvgIpc) is 2.36. The number of hydrogen-bond donors (Lipinski definition) is 2. The van der Waals surface area contributed by atoms with Crippen molar-refractivity contribution in [2.24, 2.45) is 0 Å². The molecular weight excluding hydrogens is 251 g/mol. The summed E-state index contributed by atoms with van der Waals surface area (Å²) in [5, 5.41) is 11.9. The summed E-state index contributed by atoms with van der Waals surface area (Å²) >= 11 is 0. The Morgan fingerprint density at radius 2 is 2.26 bits per heavy atom. The minimum atomic E-state index is -1.18. The first-order valence-electron chi connectivity index (χ1n) is 6.01. The second kappa shape index (κ2) is 5.26. The van der Waals surface area contributed by atoms with Gasteiger partial charge in [-0.25, -0.2) is 9.18 Å². The Kier molecular flexibility index (Phi) is 3.69. The summed E-state index contributed by atoms with van der Waals surface area (Å²) in [6.45, 7) is 0.437. The van der Waals surface area contributed by atoms with Gasteiger partial charge in [0.25, 0.3) is 0 Å². The number of piperidine rings is 1. The predicted molar refractivity (Wildman–Crippen MR) is 67.6 cm³/mol. The summed E-state index contributed by atoms with van der Waals surface area (Å²) in [4.78, 5) is 24.0. The molecule has 1 fully saturated rings. The van der Waals surface area contributed by atoms with Crippen molar-refractivity contribution in [3.63, 3.8) is 0 Å². The Bertz CT molecular complexity index is 519. The molecule has 0 aliphatic carbocycles. The number of carbonyl (C=O) groups is 2. The number of rotatable bonds is 3. The van der Waals surface area contributed by atoms with Gasteiger partial charge in [0, 0.05) is 26.1 Å². The number of halogens is 1. The average molecular weight is 266 g/mol. The number of likely N-dealkylation sites (N-methyl/N-ethyl adjacent to an activating group) is 1. The summed E-state index contributed by atoms with van der Waals surface area (Å²) in [6.07, 6.45) is 0.946. The zero-order valence-electron chi connectivity index (χ0n) is 10.5. The van der Waals surface area contributed by atoms with Crippen LogP contribution in [0.4, 0.5) is 10.1 Å². The zero-order valence-corrected chi connectivity index (χ0v) is 10.5. The fraction of sp³-hybridized carbons (Fsp3) is 0.385. The summed E-state index contributed by atoms with van der Waals surface area (Å²) in [6, 6.07) is 3.79. The molecule has 1 aromatic rings. The molecule has 5 nitrogen and oxygen atoms in total. The number of aromatic carboxylic acids is 1. The molecule has 2 N–H and O–H groups in total. The van der Waals surface area contributed by atoms with Crippen molar-refractivity contribution in [3.05, 3.63) is 29.6 Å². The van der Waals surface area contributed by atoms with Crippen molar-refractivity contribution < 1.29 is 19.1 Å². The number of amides is 1. The molecule has 2 rings (SSSR count). The van der Waals surface area contributed by atoms with Gasteiger partial charge >= 0.3 is 5.97 Å². The second-order valence-electron chi connectivity index (χ2n) is 4.62. The summed E-state index contributed by atoms with van der Waals surface area (Å²) in [5.41, 5.74) is -0.109. The third kappa shape index (κ3) is 2.83. The molecule has 1 saturated heterocycles. The van der Waals surface area contributed by atoms with Gasteiger partial charge in [-0.3, -0.25) is 4.79 Å². The lowest BCUT2D eigenvalue weighted by Gasteiger charge is -2.31. The number of benzene rings is 1. The summed E-state index contributed by atoms with van der Waals surface area (Å²) in [7, 11) is 1.68. The third-order valence-electron chi connectivity index (χ3n) is 3.22. The SMILES string of the molecule is CN1CC(Nc2c(F)cccc2C(=O)O)CCC1=O. The van der Waals surface area contributed by atoms with E-state index in [1.165, 1.54) is 18.2 Å². The van der Waals surface area contributed by atoms with Gasteiger partial charge in [-0.2, -0.15) is 0 Å². The molecule has 0 aromatic heterocycles. The van der Waals surface area contributed by atoms with Crippen LogP contribution in [-0.2, 0) is 4.79 Å². The highest BCUT2D eigenvalue weighted by Crippen LogP contribution is 2.23. The molecule has 1 heterocycles.